The van der Waals surface area contributed by atoms with Crippen molar-refractivity contribution in [3.8, 4) is 0 Å². The number of aromatic nitrogens is 1. The molecule has 0 aliphatic rings. The van der Waals surface area contributed by atoms with Crippen LogP contribution in [0.5, 0.6) is 0 Å². The lowest BCUT2D eigenvalue weighted by Crippen LogP contribution is -2.13. The molecule has 1 N–H and O–H groups in total. The van der Waals surface area contributed by atoms with E-state index in [4.69, 9.17) is 0 Å². The lowest BCUT2D eigenvalue weighted by molar-refractivity contribution is -0.116. The number of nitrogens with zero attached hydrogens (tertiary/aromatic N) is 1. The maximum atomic E-state index is 11.1. The predicted octanol–water partition coefficient (Wildman–Crippen LogP) is 0.0786. The number of anilines is 1. The molecular formula is C9H13BN2O. The number of hydrogen-bond donors (Lipinski definition) is 1. The maximum Gasteiger partial charge on any atom is 0.225 e. The van der Waals surface area contributed by atoms with Crippen molar-refractivity contribution in [2.45, 2.75) is 19.8 Å². The van der Waals surface area contributed by atoms with Gasteiger partial charge in [-0.25, -0.2) is 4.98 Å². The number of carbonyl (C=O) groups excluding carboxylic acids is 1. The molecule has 3 nitrogen and oxygen atoms in total. The fraction of sp³-hybridized carbons (Fsp3) is 0.333. The van der Waals surface area contributed by atoms with Crippen molar-refractivity contribution in [1.82, 2.24) is 4.98 Å². The summed E-state index contributed by atoms with van der Waals surface area (Å²) >= 11 is 0. The third kappa shape index (κ3) is 3.28. The highest BCUT2D eigenvalue weighted by molar-refractivity contribution is 6.32. The molecule has 1 amide bonds. The lowest BCUT2D eigenvalue weighted by atomic mass is 9.99. The second kappa shape index (κ2) is 4.65. The molecule has 0 unspecified atom stereocenters. The number of hydrogen-bond acceptors (Lipinski definition) is 2. The summed E-state index contributed by atoms with van der Waals surface area (Å²) in [6.07, 6.45) is 3.15. The second-order valence-electron chi connectivity index (χ2n) is 3.02. The summed E-state index contributed by atoms with van der Waals surface area (Å²) in [5.74, 6) is 0.655. The molecule has 1 aromatic rings. The standard InChI is InChI=1S/C9H13BN2O/c1-2-3-9(13)12-8-5-4-7(10)6-11-8/h4-6H,2-3,10H2,1H3,(H,11,12,13). The van der Waals surface area contributed by atoms with Crippen molar-refractivity contribution in [1.29, 1.82) is 0 Å². The van der Waals surface area contributed by atoms with E-state index in [1.165, 1.54) is 0 Å². The molecule has 0 aliphatic carbocycles. The van der Waals surface area contributed by atoms with Crippen LogP contribution in [0, 0.1) is 0 Å². The Balaban J connectivity index is 2.54. The van der Waals surface area contributed by atoms with Gasteiger partial charge in [0.05, 0.1) is 0 Å². The summed E-state index contributed by atoms with van der Waals surface area (Å²) in [4.78, 5) is 15.2. The van der Waals surface area contributed by atoms with E-state index < -0.39 is 0 Å². The first-order valence-electron chi connectivity index (χ1n) is 4.45. The number of amides is 1. The Morgan fingerprint density at radius 2 is 2.38 bits per heavy atom. The highest BCUT2D eigenvalue weighted by Gasteiger charge is 2.00. The number of carbonyl (C=O) groups is 1. The first-order valence-corrected chi connectivity index (χ1v) is 4.45. The molecule has 1 rings (SSSR count). The minimum absolute atomic E-state index is 0.0267. The van der Waals surface area contributed by atoms with Gasteiger partial charge in [0.2, 0.25) is 5.91 Å². The molecule has 0 saturated heterocycles. The van der Waals surface area contributed by atoms with Gasteiger partial charge in [-0.2, -0.15) is 0 Å². The van der Waals surface area contributed by atoms with E-state index in [9.17, 15) is 4.79 Å². The van der Waals surface area contributed by atoms with Crippen molar-refractivity contribution in [3.05, 3.63) is 18.3 Å². The van der Waals surface area contributed by atoms with Crippen LogP contribution >= 0.6 is 0 Å². The highest BCUT2D eigenvalue weighted by Crippen LogP contribution is 2.00. The Kier molecular flexibility index (Phi) is 3.49. The van der Waals surface area contributed by atoms with Crippen LogP contribution in [0.2, 0.25) is 0 Å². The number of pyridine rings is 1. The van der Waals surface area contributed by atoms with Crippen LogP contribution in [0.15, 0.2) is 18.3 Å². The van der Waals surface area contributed by atoms with Crippen LogP contribution in [-0.2, 0) is 4.79 Å². The Morgan fingerprint density at radius 1 is 1.62 bits per heavy atom. The normalized spacial score (nSPS) is 9.62. The van der Waals surface area contributed by atoms with Gasteiger partial charge in [0.25, 0.3) is 0 Å². The summed E-state index contributed by atoms with van der Waals surface area (Å²) in [6.45, 7) is 1.97. The van der Waals surface area contributed by atoms with Crippen LogP contribution in [0.4, 0.5) is 5.82 Å². The largest absolute Gasteiger partial charge is 0.311 e. The van der Waals surface area contributed by atoms with Gasteiger partial charge in [-0.05, 0) is 12.5 Å². The van der Waals surface area contributed by atoms with Gasteiger partial charge in [-0.15, -0.1) is 0 Å². The smallest absolute Gasteiger partial charge is 0.225 e. The fourth-order valence-electron chi connectivity index (χ4n) is 0.974. The van der Waals surface area contributed by atoms with Crippen molar-refractivity contribution >= 4 is 25.0 Å². The monoisotopic (exact) mass is 176 g/mol. The first-order chi connectivity index (χ1) is 6.22. The van der Waals surface area contributed by atoms with E-state index in [1.54, 1.807) is 6.20 Å². The maximum absolute atomic E-state index is 11.1. The van der Waals surface area contributed by atoms with E-state index in [-0.39, 0.29) is 5.91 Å². The molecular weight excluding hydrogens is 163 g/mol. The van der Waals surface area contributed by atoms with Crippen LogP contribution in [-0.4, -0.2) is 18.7 Å². The van der Waals surface area contributed by atoms with Crippen molar-refractivity contribution in [3.63, 3.8) is 0 Å². The summed E-state index contributed by atoms with van der Waals surface area (Å²) in [5.41, 5.74) is 1.09. The van der Waals surface area contributed by atoms with Gasteiger partial charge >= 0.3 is 0 Å². The molecule has 4 heteroatoms. The summed E-state index contributed by atoms with van der Waals surface area (Å²) in [7, 11) is 1.96. The predicted molar refractivity (Wildman–Crippen MR) is 56.0 cm³/mol. The molecule has 68 valence electrons. The fourth-order valence-corrected chi connectivity index (χ4v) is 0.974. The molecule has 0 fully saturated rings. The average Bonchev–Trinajstić information content (AvgIpc) is 2.09. The van der Waals surface area contributed by atoms with Crippen LogP contribution in [0.1, 0.15) is 19.8 Å². The van der Waals surface area contributed by atoms with Gasteiger partial charge < -0.3 is 5.32 Å². The third-order valence-electron chi connectivity index (χ3n) is 1.66. The molecule has 0 aromatic carbocycles. The van der Waals surface area contributed by atoms with Crippen molar-refractivity contribution in [2.75, 3.05) is 5.32 Å². The lowest BCUT2D eigenvalue weighted by Gasteiger charge is -2.02. The summed E-state index contributed by atoms with van der Waals surface area (Å²) < 4.78 is 0. The minimum atomic E-state index is 0.0267. The van der Waals surface area contributed by atoms with Crippen LogP contribution < -0.4 is 10.8 Å². The molecule has 1 heterocycles. The van der Waals surface area contributed by atoms with Crippen LogP contribution in [0.3, 0.4) is 0 Å². The minimum Gasteiger partial charge on any atom is -0.311 e. The van der Waals surface area contributed by atoms with Gasteiger partial charge in [0.15, 0.2) is 0 Å². The zero-order valence-electron chi connectivity index (χ0n) is 8.00. The second-order valence-corrected chi connectivity index (χ2v) is 3.02. The van der Waals surface area contributed by atoms with E-state index >= 15 is 0 Å². The number of nitrogens with one attached hydrogen (secondary N) is 1. The quantitative estimate of drug-likeness (QED) is 0.662. The van der Waals surface area contributed by atoms with Crippen molar-refractivity contribution < 1.29 is 4.79 Å². The molecule has 0 spiro atoms. The molecule has 0 bridgehead atoms. The van der Waals surface area contributed by atoms with Crippen molar-refractivity contribution in [2.24, 2.45) is 0 Å². The van der Waals surface area contributed by atoms with Gasteiger partial charge in [0, 0.05) is 12.6 Å². The molecule has 0 saturated carbocycles. The van der Waals surface area contributed by atoms with Gasteiger partial charge in [0.1, 0.15) is 13.7 Å². The first kappa shape index (κ1) is 9.77. The Labute approximate surface area is 79.0 Å². The zero-order chi connectivity index (χ0) is 9.68. The average molecular weight is 176 g/mol. The Morgan fingerprint density at radius 3 is 2.92 bits per heavy atom. The molecule has 0 atom stereocenters. The summed E-state index contributed by atoms with van der Waals surface area (Å²) in [6, 6.07) is 3.73. The Hall–Kier alpha value is -1.32. The third-order valence-corrected chi connectivity index (χ3v) is 1.66. The Bertz CT molecular complexity index is 284. The molecule has 0 radical (unpaired) electrons. The molecule has 0 aliphatic heterocycles. The topological polar surface area (TPSA) is 42.0 Å². The van der Waals surface area contributed by atoms with E-state index in [2.05, 4.69) is 10.3 Å². The van der Waals surface area contributed by atoms with E-state index in [1.807, 2.05) is 26.9 Å². The molecule has 13 heavy (non-hydrogen) atoms. The van der Waals surface area contributed by atoms with Gasteiger partial charge in [-0.1, -0.05) is 18.5 Å². The van der Waals surface area contributed by atoms with Gasteiger partial charge in [-0.3, -0.25) is 4.79 Å². The summed E-state index contributed by atoms with van der Waals surface area (Å²) in [5, 5.41) is 2.72. The van der Waals surface area contributed by atoms with E-state index in [0.29, 0.717) is 12.2 Å². The molecule has 1 aromatic heterocycles. The highest BCUT2D eigenvalue weighted by atomic mass is 16.1. The zero-order valence-corrected chi connectivity index (χ0v) is 8.00. The SMILES string of the molecule is Bc1ccc(NC(=O)CCC)nc1. The number of rotatable bonds is 3. The van der Waals surface area contributed by atoms with Crippen LogP contribution in [0.25, 0.3) is 0 Å². The van der Waals surface area contributed by atoms with E-state index in [0.717, 1.165) is 11.9 Å².